The third kappa shape index (κ3) is 5.91. The Morgan fingerprint density at radius 2 is 1.80 bits per heavy atom. The normalized spacial score (nSPS) is 11.1. The van der Waals surface area contributed by atoms with Crippen molar-refractivity contribution in [2.45, 2.75) is 18.2 Å². The molecule has 0 unspecified atom stereocenters. The fourth-order valence-electron chi connectivity index (χ4n) is 2.05. The highest BCUT2D eigenvalue weighted by atomic mass is 127. The number of carbonyl (C=O) groups is 2. The molecule has 0 spiro atoms. The van der Waals surface area contributed by atoms with Crippen molar-refractivity contribution >= 4 is 50.0 Å². The van der Waals surface area contributed by atoms with Crippen molar-refractivity contribution in [3.63, 3.8) is 0 Å². The second-order valence-corrected chi connectivity index (χ2v) is 8.30. The van der Waals surface area contributed by atoms with Crippen LogP contribution in [0.4, 0.5) is 5.69 Å². The van der Waals surface area contributed by atoms with Gasteiger partial charge in [-0.2, -0.15) is 0 Å². The predicted octanol–water partition coefficient (Wildman–Crippen LogP) is 2.80. The number of benzene rings is 2. The fraction of sp³-hybridized carbons (Fsp3) is 0.176. The number of Topliss-reactive ketones (excluding diaryl/α,β-unsaturated/α-hetero) is 1. The van der Waals surface area contributed by atoms with Gasteiger partial charge in [-0.15, -0.1) is 0 Å². The van der Waals surface area contributed by atoms with Crippen LogP contribution in [0.25, 0.3) is 0 Å². The van der Waals surface area contributed by atoms with Gasteiger partial charge in [0.25, 0.3) is 0 Å². The largest absolute Gasteiger partial charge is 0.326 e. The maximum absolute atomic E-state index is 12.2. The zero-order chi connectivity index (χ0) is 18.4. The zero-order valence-electron chi connectivity index (χ0n) is 13.5. The van der Waals surface area contributed by atoms with Gasteiger partial charge in [0.2, 0.25) is 15.9 Å². The van der Waals surface area contributed by atoms with Gasteiger partial charge in [-0.05, 0) is 59.8 Å². The smallest absolute Gasteiger partial charge is 0.240 e. The molecule has 8 heteroatoms. The van der Waals surface area contributed by atoms with Crippen LogP contribution in [0.2, 0.25) is 0 Å². The van der Waals surface area contributed by atoms with Crippen molar-refractivity contribution in [1.29, 1.82) is 0 Å². The van der Waals surface area contributed by atoms with Crippen LogP contribution in [0.1, 0.15) is 23.7 Å². The topological polar surface area (TPSA) is 92.3 Å². The zero-order valence-corrected chi connectivity index (χ0v) is 16.4. The summed E-state index contributed by atoms with van der Waals surface area (Å²) in [5.41, 5.74) is 0.980. The van der Waals surface area contributed by atoms with E-state index >= 15 is 0 Å². The summed E-state index contributed by atoms with van der Waals surface area (Å²) in [6.45, 7) is 1.33. The molecule has 0 aromatic heterocycles. The Balaban J connectivity index is 1.93. The van der Waals surface area contributed by atoms with Crippen LogP contribution < -0.4 is 10.0 Å². The van der Waals surface area contributed by atoms with Crippen molar-refractivity contribution in [1.82, 2.24) is 4.72 Å². The highest BCUT2D eigenvalue weighted by Gasteiger charge is 2.15. The molecule has 0 radical (unpaired) electrons. The van der Waals surface area contributed by atoms with E-state index in [1.54, 1.807) is 12.1 Å². The van der Waals surface area contributed by atoms with Gasteiger partial charge < -0.3 is 5.32 Å². The Kier molecular flexibility index (Phi) is 6.68. The first-order chi connectivity index (χ1) is 11.8. The molecule has 2 aromatic rings. The van der Waals surface area contributed by atoms with Crippen LogP contribution in [0.3, 0.4) is 0 Å². The molecule has 25 heavy (non-hydrogen) atoms. The molecule has 0 heterocycles. The molecule has 2 aromatic carbocycles. The lowest BCUT2D eigenvalue weighted by molar-refractivity contribution is -0.116. The number of halogens is 1. The fourth-order valence-corrected chi connectivity index (χ4v) is 3.67. The molecular formula is C17H17IN2O4S. The first-order valence-electron chi connectivity index (χ1n) is 7.44. The molecule has 2 N–H and O–H groups in total. The van der Waals surface area contributed by atoms with Crippen molar-refractivity contribution in [3.8, 4) is 0 Å². The Labute approximate surface area is 160 Å². The highest BCUT2D eigenvalue weighted by Crippen LogP contribution is 2.13. The molecular weight excluding hydrogens is 455 g/mol. The molecule has 1 amide bonds. The molecule has 2 rings (SSSR count). The van der Waals surface area contributed by atoms with Gasteiger partial charge in [0.1, 0.15) is 0 Å². The minimum Gasteiger partial charge on any atom is -0.326 e. The Morgan fingerprint density at radius 1 is 1.08 bits per heavy atom. The average Bonchev–Trinajstić information content (AvgIpc) is 2.54. The number of hydrogen-bond donors (Lipinski definition) is 2. The van der Waals surface area contributed by atoms with E-state index in [0.717, 1.165) is 3.57 Å². The number of carbonyl (C=O) groups excluding carboxylic acids is 2. The van der Waals surface area contributed by atoms with Gasteiger partial charge in [0, 0.05) is 27.8 Å². The Morgan fingerprint density at radius 3 is 2.48 bits per heavy atom. The van der Waals surface area contributed by atoms with Gasteiger partial charge in [-0.1, -0.05) is 18.2 Å². The van der Waals surface area contributed by atoms with Gasteiger partial charge in [0.15, 0.2) is 5.78 Å². The Bertz CT molecular complexity index is 897. The summed E-state index contributed by atoms with van der Waals surface area (Å²) in [6.07, 6.45) is -0.00287. The minimum absolute atomic E-state index is 0.00165. The second kappa shape index (κ2) is 8.54. The number of amides is 1. The molecule has 0 saturated carbocycles. The predicted molar refractivity (Wildman–Crippen MR) is 104 cm³/mol. The molecule has 0 saturated heterocycles. The number of ketones is 1. The van der Waals surface area contributed by atoms with E-state index in [0.29, 0.717) is 11.3 Å². The Hall–Kier alpha value is -1.78. The molecule has 0 aliphatic heterocycles. The summed E-state index contributed by atoms with van der Waals surface area (Å²) in [5, 5.41) is 2.71. The highest BCUT2D eigenvalue weighted by molar-refractivity contribution is 14.1. The monoisotopic (exact) mass is 472 g/mol. The van der Waals surface area contributed by atoms with Crippen LogP contribution in [0.5, 0.6) is 0 Å². The summed E-state index contributed by atoms with van der Waals surface area (Å²) in [5.74, 6) is -0.504. The van der Waals surface area contributed by atoms with Crippen molar-refractivity contribution in [2.75, 3.05) is 11.9 Å². The lowest BCUT2D eigenvalue weighted by atomic mass is 10.2. The van der Waals surface area contributed by atoms with Crippen molar-refractivity contribution in [3.05, 3.63) is 57.7 Å². The molecule has 0 fully saturated rings. The van der Waals surface area contributed by atoms with Crippen LogP contribution >= 0.6 is 22.6 Å². The summed E-state index contributed by atoms with van der Waals surface area (Å²) >= 11 is 2.14. The van der Waals surface area contributed by atoms with Gasteiger partial charge >= 0.3 is 0 Å². The first-order valence-corrected chi connectivity index (χ1v) is 10.0. The van der Waals surface area contributed by atoms with Gasteiger partial charge in [0.05, 0.1) is 4.90 Å². The maximum Gasteiger partial charge on any atom is 0.240 e. The van der Waals surface area contributed by atoms with Crippen LogP contribution in [-0.2, 0) is 14.8 Å². The van der Waals surface area contributed by atoms with Gasteiger partial charge in [-0.3, -0.25) is 9.59 Å². The SMILES string of the molecule is CC(=O)c1cccc(S(=O)(=O)NCCC(=O)Nc2cccc(I)c2)c1. The van der Waals surface area contributed by atoms with Crippen LogP contribution in [-0.4, -0.2) is 26.7 Å². The average molecular weight is 472 g/mol. The maximum atomic E-state index is 12.2. The lowest BCUT2D eigenvalue weighted by Crippen LogP contribution is -2.28. The summed E-state index contributed by atoms with van der Waals surface area (Å²) in [6, 6.07) is 13.1. The van der Waals surface area contributed by atoms with E-state index in [9.17, 15) is 18.0 Å². The molecule has 0 aliphatic rings. The number of anilines is 1. The summed E-state index contributed by atoms with van der Waals surface area (Å²) in [7, 11) is -3.77. The van der Waals surface area contributed by atoms with E-state index in [-0.39, 0.29) is 29.6 Å². The molecule has 0 aliphatic carbocycles. The molecule has 132 valence electrons. The number of rotatable bonds is 7. The van der Waals surface area contributed by atoms with E-state index < -0.39 is 10.0 Å². The van der Waals surface area contributed by atoms with Crippen molar-refractivity contribution < 1.29 is 18.0 Å². The minimum atomic E-state index is -3.77. The summed E-state index contributed by atoms with van der Waals surface area (Å²) in [4.78, 5) is 23.3. The third-order valence-corrected chi connectivity index (χ3v) is 5.43. The van der Waals surface area contributed by atoms with Crippen molar-refractivity contribution in [2.24, 2.45) is 0 Å². The van der Waals surface area contributed by atoms with Crippen LogP contribution in [0.15, 0.2) is 53.4 Å². The standard InChI is InChI=1S/C17H17IN2O4S/c1-12(21)13-4-2-7-16(10-13)25(23,24)19-9-8-17(22)20-15-6-3-5-14(18)11-15/h2-7,10-11,19H,8-9H2,1H3,(H,20,22). The van der Waals surface area contributed by atoms with E-state index in [2.05, 4.69) is 32.6 Å². The van der Waals surface area contributed by atoms with E-state index in [4.69, 9.17) is 0 Å². The molecule has 0 atom stereocenters. The molecule has 6 nitrogen and oxygen atoms in total. The molecule has 0 bridgehead atoms. The second-order valence-electron chi connectivity index (χ2n) is 5.29. The van der Waals surface area contributed by atoms with Crippen LogP contribution in [0, 0.1) is 3.57 Å². The quantitative estimate of drug-likeness (QED) is 0.479. The number of sulfonamides is 1. The van der Waals surface area contributed by atoms with E-state index in [1.807, 2.05) is 18.2 Å². The summed E-state index contributed by atoms with van der Waals surface area (Å²) < 4.78 is 27.8. The third-order valence-electron chi connectivity index (χ3n) is 3.30. The lowest BCUT2D eigenvalue weighted by Gasteiger charge is -2.08. The first kappa shape index (κ1) is 19.5. The number of hydrogen-bond acceptors (Lipinski definition) is 4. The van der Waals surface area contributed by atoms with Gasteiger partial charge in [-0.25, -0.2) is 13.1 Å². The number of nitrogens with one attached hydrogen (secondary N) is 2. The van der Waals surface area contributed by atoms with E-state index in [1.165, 1.54) is 25.1 Å².